The number of ketones is 1. The summed E-state index contributed by atoms with van der Waals surface area (Å²) in [6, 6.07) is 4.86. The lowest BCUT2D eigenvalue weighted by Gasteiger charge is -2.38. The van der Waals surface area contributed by atoms with Gasteiger partial charge in [0.2, 0.25) is 0 Å². The van der Waals surface area contributed by atoms with Gasteiger partial charge in [0.15, 0.2) is 8.32 Å². The maximum Gasteiger partial charge on any atom is 0.416 e. The Morgan fingerprint density at radius 3 is 2.45 bits per heavy atom. The lowest BCUT2D eigenvalue weighted by atomic mass is 9.87. The van der Waals surface area contributed by atoms with Crippen molar-refractivity contribution >= 4 is 20.1 Å². The van der Waals surface area contributed by atoms with Gasteiger partial charge in [-0.25, -0.2) is 0 Å². The molecule has 42 heavy (non-hydrogen) atoms. The first kappa shape index (κ1) is 35.8. The van der Waals surface area contributed by atoms with Crippen molar-refractivity contribution in [2.45, 2.75) is 110 Å². The lowest BCUT2D eigenvalue weighted by molar-refractivity contribution is -0.147. The molecule has 4 atom stereocenters. The second kappa shape index (κ2) is 15.4. The van der Waals surface area contributed by atoms with E-state index < -0.39 is 26.2 Å². The summed E-state index contributed by atoms with van der Waals surface area (Å²) in [5.41, 5.74) is -0.762. The van der Waals surface area contributed by atoms with E-state index in [1.807, 2.05) is 38.2 Å². The molecular weight excluding hydrogens is 561 g/mol. The van der Waals surface area contributed by atoms with Crippen molar-refractivity contribution in [3.8, 4) is 5.75 Å². The second-order valence-corrected chi connectivity index (χ2v) is 17.9. The van der Waals surface area contributed by atoms with Crippen LogP contribution in [0.1, 0.15) is 79.2 Å². The van der Waals surface area contributed by atoms with Crippen LogP contribution in [0.5, 0.6) is 5.75 Å². The van der Waals surface area contributed by atoms with E-state index in [1.165, 1.54) is 12.1 Å². The molecule has 0 amide bonds. The zero-order chi connectivity index (χ0) is 31.7. The number of carbonyl (C=O) groups is 2. The van der Waals surface area contributed by atoms with Crippen LogP contribution in [0.4, 0.5) is 13.2 Å². The number of allylic oxidation sites excluding steroid dienone is 3. The minimum Gasteiger partial charge on any atom is -0.491 e. The average Bonchev–Trinajstić information content (AvgIpc) is 3.13. The van der Waals surface area contributed by atoms with Crippen LogP contribution in [-0.2, 0) is 24.9 Å². The number of carbonyl (C=O) groups excluding carboxylic acids is 2. The Morgan fingerprint density at radius 2 is 1.83 bits per heavy atom. The molecule has 0 N–H and O–H groups in total. The van der Waals surface area contributed by atoms with Crippen molar-refractivity contribution in [3.63, 3.8) is 0 Å². The predicted molar refractivity (Wildman–Crippen MR) is 163 cm³/mol. The van der Waals surface area contributed by atoms with E-state index >= 15 is 0 Å². The third-order valence-electron chi connectivity index (χ3n) is 8.11. The molecule has 0 radical (unpaired) electrons. The van der Waals surface area contributed by atoms with Crippen LogP contribution in [0.25, 0.3) is 0 Å². The lowest BCUT2D eigenvalue weighted by Crippen LogP contribution is -2.45. The van der Waals surface area contributed by atoms with Crippen molar-refractivity contribution < 1.29 is 36.7 Å². The molecule has 0 saturated heterocycles. The van der Waals surface area contributed by atoms with E-state index in [0.717, 1.165) is 18.6 Å². The second-order valence-electron chi connectivity index (χ2n) is 13.1. The van der Waals surface area contributed by atoms with Crippen LogP contribution in [-0.4, -0.2) is 38.9 Å². The molecule has 5 nitrogen and oxygen atoms in total. The Morgan fingerprint density at radius 1 is 1.14 bits per heavy atom. The largest absolute Gasteiger partial charge is 0.491 e. The van der Waals surface area contributed by atoms with Gasteiger partial charge in [0.1, 0.15) is 18.1 Å². The number of ether oxygens (including phenoxy) is 2. The molecule has 9 heteroatoms. The van der Waals surface area contributed by atoms with E-state index in [4.69, 9.17) is 13.9 Å². The van der Waals surface area contributed by atoms with Gasteiger partial charge in [-0.1, -0.05) is 58.1 Å². The summed E-state index contributed by atoms with van der Waals surface area (Å²) in [5, 5.41) is -0.0786. The Bertz CT molecular complexity index is 1090. The SMILES string of the molecule is CC(C)OC(=O)CCC/C=C\C[C@H]1C(=O)C[C@@H](C)[C@@H]1/C=C/[C@H](COc1cccc(C(F)(F)F)c1)O[Si](C)(C)C(C)(C)C. The number of rotatable bonds is 14. The fourth-order valence-corrected chi connectivity index (χ4v) is 6.01. The van der Waals surface area contributed by atoms with Crippen LogP contribution < -0.4 is 4.74 Å². The number of Topliss-reactive ketones (excluding diaryl/α,β-unsaturated/α-hetero) is 1. The quantitative estimate of drug-likeness (QED) is 0.0911. The summed E-state index contributed by atoms with van der Waals surface area (Å²) >= 11 is 0. The number of benzene rings is 1. The van der Waals surface area contributed by atoms with Crippen molar-refractivity contribution in [1.29, 1.82) is 0 Å². The summed E-state index contributed by atoms with van der Waals surface area (Å²) in [7, 11) is -2.24. The Balaban J connectivity index is 2.12. The first-order valence-corrected chi connectivity index (χ1v) is 17.8. The molecule has 1 aliphatic rings. The number of hydrogen-bond acceptors (Lipinski definition) is 5. The zero-order valence-electron chi connectivity index (χ0n) is 26.4. The Hall–Kier alpha value is -2.39. The van der Waals surface area contributed by atoms with Crippen LogP contribution in [0.2, 0.25) is 18.1 Å². The summed E-state index contributed by atoms with van der Waals surface area (Å²) in [6.07, 6.45) is 5.88. The zero-order valence-corrected chi connectivity index (χ0v) is 27.4. The highest BCUT2D eigenvalue weighted by Crippen LogP contribution is 2.40. The van der Waals surface area contributed by atoms with Gasteiger partial charge in [-0.15, -0.1) is 0 Å². The van der Waals surface area contributed by atoms with Gasteiger partial charge in [0, 0.05) is 18.8 Å². The van der Waals surface area contributed by atoms with Crippen LogP contribution in [0, 0.1) is 17.8 Å². The minimum absolute atomic E-state index is 0.0160. The maximum absolute atomic E-state index is 13.2. The van der Waals surface area contributed by atoms with E-state index in [9.17, 15) is 22.8 Å². The average molecular weight is 611 g/mol. The highest BCUT2D eigenvalue weighted by Gasteiger charge is 2.40. The van der Waals surface area contributed by atoms with Crippen molar-refractivity contribution in [2.24, 2.45) is 17.8 Å². The number of unbranched alkanes of at least 4 members (excludes halogenated alkanes) is 1. The molecule has 1 saturated carbocycles. The first-order chi connectivity index (χ1) is 19.4. The molecule has 236 valence electrons. The van der Waals surface area contributed by atoms with Gasteiger partial charge in [-0.2, -0.15) is 13.2 Å². The molecule has 1 fully saturated rings. The molecule has 0 aromatic heterocycles. The molecule has 0 heterocycles. The van der Waals surface area contributed by atoms with Gasteiger partial charge in [-0.3, -0.25) is 9.59 Å². The number of esters is 1. The fraction of sp³-hybridized carbons (Fsp3) is 0.636. The maximum atomic E-state index is 13.2. The third kappa shape index (κ3) is 11.4. The third-order valence-corrected chi connectivity index (χ3v) is 12.6. The summed E-state index contributed by atoms with van der Waals surface area (Å²) in [6.45, 7) is 16.4. The minimum atomic E-state index is -4.45. The van der Waals surface area contributed by atoms with Crippen LogP contribution in [0.3, 0.4) is 0 Å². The molecule has 0 spiro atoms. The van der Waals surface area contributed by atoms with E-state index in [-0.39, 0.29) is 53.0 Å². The summed E-state index contributed by atoms with van der Waals surface area (Å²) < 4.78 is 57.2. The number of alkyl halides is 3. The summed E-state index contributed by atoms with van der Waals surface area (Å²) in [5.74, 6) is 0.181. The van der Waals surface area contributed by atoms with Crippen LogP contribution >= 0.6 is 0 Å². The Kier molecular flexibility index (Phi) is 13.1. The molecule has 1 aromatic carbocycles. The topological polar surface area (TPSA) is 61.8 Å². The van der Waals surface area contributed by atoms with Gasteiger partial charge >= 0.3 is 12.1 Å². The van der Waals surface area contributed by atoms with Crippen LogP contribution in [0.15, 0.2) is 48.6 Å². The molecular formula is C33H49F3O5Si. The van der Waals surface area contributed by atoms with Gasteiger partial charge in [0.25, 0.3) is 0 Å². The molecule has 1 aromatic rings. The molecule has 0 unspecified atom stereocenters. The monoisotopic (exact) mass is 610 g/mol. The molecule has 2 rings (SSSR count). The molecule has 0 aliphatic heterocycles. The van der Waals surface area contributed by atoms with E-state index in [0.29, 0.717) is 25.7 Å². The van der Waals surface area contributed by atoms with Gasteiger partial charge in [0.05, 0.1) is 17.8 Å². The fourth-order valence-electron chi connectivity index (χ4n) is 4.75. The molecule has 1 aliphatic carbocycles. The standard InChI is InChI=1S/C33H49F3O5Si/c1-23(2)40-31(38)17-12-10-9-11-16-29-28(24(3)20-30(29)37)19-18-27(41-42(7,8)32(4,5)6)22-39-26-15-13-14-25(21-26)33(34,35)36/h9,11,13-15,18-19,21,23-24,27-29H,10,12,16-17,20,22H2,1-8H3/b11-9-,19-18+/t24-,27-,28+,29-/m1/s1. The van der Waals surface area contributed by atoms with Crippen molar-refractivity contribution in [2.75, 3.05) is 6.61 Å². The van der Waals surface area contributed by atoms with Gasteiger partial charge < -0.3 is 13.9 Å². The molecule has 0 bridgehead atoms. The van der Waals surface area contributed by atoms with Gasteiger partial charge in [-0.05, 0) is 81.3 Å². The van der Waals surface area contributed by atoms with E-state index in [2.05, 4.69) is 40.8 Å². The number of halogens is 3. The van der Waals surface area contributed by atoms with Crippen molar-refractivity contribution in [3.05, 3.63) is 54.1 Å². The normalized spacial score (nSPS) is 21.0. The highest BCUT2D eigenvalue weighted by molar-refractivity contribution is 6.74. The van der Waals surface area contributed by atoms with Crippen molar-refractivity contribution in [1.82, 2.24) is 0 Å². The van der Waals surface area contributed by atoms with E-state index in [1.54, 1.807) is 0 Å². The predicted octanol–water partition coefficient (Wildman–Crippen LogP) is 8.94. The smallest absolute Gasteiger partial charge is 0.416 e. The Labute approximate surface area is 251 Å². The number of hydrogen-bond donors (Lipinski definition) is 0. The first-order valence-electron chi connectivity index (χ1n) is 14.9. The summed E-state index contributed by atoms with van der Waals surface area (Å²) in [4.78, 5) is 24.6. The highest BCUT2D eigenvalue weighted by atomic mass is 28.4.